The molecule has 1 aromatic rings. The lowest BCUT2D eigenvalue weighted by atomic mass is 9.95. The monoisotopic (exact) mass is 534 g/mol. The van der Waals surface area contributed by atoms with Gasteiger partial charge >= 0.3 is 6.18 Å². The predicted molar refractivity (Wildman–Crippen MR) is 128 cm³/mol. The predicted octanol–water partition coefficient (Wildman–Crippen LogP) is 1.69. The molecule has 2 fully saturated rings. The van der Waals surface area contributed by atoms with Gasteiger partial charge in [-0.1, -0.05) is 18.2 Å². The van der Waals surface area contributed by atoms with E-state index in [0.29, 0.717) is 45.2 Å². The van der Waals surface area contributed by atoms with Crippen LogP contribution in [0.5, 0.6) is 0 Å². The molecular formula is C22H29F3N4O4S2. The summed E-state index contributed by atoms with van der Waals surface area (Å²) < 4.78 is 67.1. The zero-order valence-electron chi connectivity index (χ0n) is 19.2. The lowest BCUT2D eigenvalue weighted by molar-refractivity contribution is -0.258. The lowest BCUT2D eigenvalue weighted by Gasteiger charge is -2.45. The summed E-state index contributed by atoms with van der Waals surface area (Å²) in [6.07, 6.45) is -2.53. The van der Waals surface area contributed by atoms with Crippen LogP contribution in [0.15, 0.2) is 35.7 Å². The molecule has 13 heteroatoms. The van der Waals surface area contributed by atoms with Crippen LogP contribution in [0.2, 0.25) is 0 Å². The molecule has 4 rings (SSSR count). The number of hydrogen-bond acceptors (Lipinski definition) is 7. The molecule has 0 spiro atoms. The highest BCUT2D eigenvalue weighted by atomic mass is 32.3. The van der Waals surface area contributed by atoms with E-state index in [9.17, 15) is 31.5 Å². The van der Waals surface area contributed by atoms with Crippen molar-refractivity contribution >= 4 is 33.4 Å². The number of hydrogen-bond donors (Lipinski definition) is 2. The molecule has 8 nitrogen and oxygen atoms in total. The van der Waals surface area contributed by atoms with Gasteiger partial charge < -0.3 is 15.3 Å². The molecule has 0 radical (unpaired) electrons. The number of thioether (sulfide) groups is 1. The van der Waals surface area contributed by atoms with E-state index in [1.807, 2.05) is 15.9 Å². The van der Waals surface area contributed by atoms with Crippen molar-refractivity contribution in [1.82, 2.24) is 14.5 Å². The number of aliphatic hydroxyl groups is 1. The van der Waals surface area contributed by atoms with Crippen molar-refractivity contribution < 1.29 is 31.5 Å². The summed E-state index contributed by atoms with van der Waals surface area (Å²) in [5.41, 5.74) is -2.62. The van der Waals surface area contributed by atoms with Gasteiger partial charge in [-0.05, 0) is 36.4 Å². The average Bonchev–Trinajstić information content (AvgIpc) is 3.34. The van der Waals surface area contributed by atoms with E-state index in [0.717, 1.165) is 0 Å². The Kier molecular flexibility index (Phi) is 7.45. The number of benzene rings is 1. The lowest BCUT2D eigenvalue weighted by Crippen LogP contribution is -2.61. The molecule has 2 saturated heterocycles. The first kappa shape index (κ1) is 26.3. The molecule has 3 aliphatic heterocycles. The largest absolute Gasteiger partial charge is 0.421 e. The molecule has 1 amide bonds. The topological polar surface area (TPSA) is 93.2 Å². The van der Waals surface area contributed by atoms with Crippen molar-refractivity contribution in [2.45, 2.75) is 35.7 Å². The number of rotatable bonds is 6. The van der Waals surface area contributed by atoms with Crippen LogP contribution in [0.3, 0.4) is 0 Å². The number of carbonyl (C=O) groups excluding carboxylic acids is 1. The first-order valence-electron chi connectivity index (χ1n) is 11.3. The summed E-state index contributed by atoms with van der Waals surface area (Å²) in [5.74, 6) is -0.102. The number of amides is 1. The average molecular weight is 535 g/mol. The number of piperazine rings is 2. The van der Waals surface area contributed by atoms with E-state index in [1.54, 1.807) is 5.41 Å². The van der Waals surface area contributed by atoms with Crippen LogP contribution in [0.25, 0.3) is 0 Å². The minimum absolute atomic E-state index is 0.102. The van der Waals surface area contributed by atoms with Gasteiger partial charge in [0.2, 0.25) is 15.9 Å². The number of alkyl halides is 3. The second kappa shape index (κ2) is 9.92. The normalized spacial score (nSPS) is 26.5. The van der Waals surface area contributed by atoms with Gasteiger partial charge in [0.25, 0.3) is 0 Å². The van der Waals surface area contributed by atoms with Crippen LogP contribution in [-0.2, 0) is 20.4 Å². The molecule has 0 saturated carbocycles. The summed E-state index contributed by atoms with van der Waals surface area (Å²) in [5, 5.41) is 14.5. The number of allylic oxidation sites excluding steroid dienone is 1. The summed E-state index contributed by atoms with van der Waals surface area (Å²) in [7, 11) is -3.54. The van der Waals surface area contributed by atoms with E-state index in [4.69, 9.17) is 0 Å². The summed E-state index contributed by atoms with van der Waals surface area (Å²) in [6.45, 7) is 3.27. The summed E-state index contributed by atoms with van der Waals surface area (Å²) in [4.78, 5) is 15.8. The molecule has 0 aliphatic carbocycles. The number of halogens is 3. The Hall–Kier alpha value is -1.80. The molecule has 3 heterocycles. The molecule has 194 valence electrons. The van der Waals surface area contributed by atoms with Crippen LogP contribution >= 0.6 is 11.8 Å². The fraction of sp³-hybridized carbons (Fsp3) is 0.591. The number of nitrogens with zero attached hydrogens (tertiary/aromatic N) is 3. The Morgan fingerprint density at radius 3 is 2.49 bits per heavy atom. The van der Waals surface area contributed by atoms with Crippen molar-refractivity contribution in [2.24, 2.45) is 0 Å². The van der Waals surface area contributed by atoms with Gasteiger partial charge in [0, 0.05) is 45.0 Å². The number of carbonyl (C=O) groups is 1. The third-order valence-corrected chi connectivity index (χ3v) is 10.5. The van der Waals surface area contributed by atoms with Crippen LogP contribution in [0.4, 0.5) is 18.9 Å². The van der Waals surface area contributed by atoms with Crippen molar-refractivity contribution in [2.75, 3.05) is 50.7 Å². The maximum Gasteiger partial charge on any atom is 0.421 e. The SMILES string of the molecule is C[C@](O)(c1ccc(N2CCN(S(=O)(=O)C3CC=CS3)C[C@@H]2CN2CCNC(=O)C2)cc1)C(F)(F)F. The third kappa shape index (κ3) is 5.48. The maximum absolute atomic E-state index is 13.2. The van der Waals surface area contributed by atoms with Crippen molar-refractivity contribution in [1.29, 1.82) is 0 Å². The second-order valence-corrected chi connectivity index (χ2v) is 12.7. The molecule has 3 aliphatic rings. The highest BCUT2D eigenvalue weighted by Crippen LogP contribution is 2.39. The maximum atomic E-state index is 13.2. The first-order valence-corrected chi connectivity index (χ1v) is 13.8. The highest BCUT2D eigenvalue weighted by Gasteiger charge is 2.51. The van der Waals surface area contributed by atoms with Crippen LogP contribution < -0.4 is 10.2 Å². The Morgan fingerprint density at radius 2 is 1.89 bits per heavy atom. The van der Waals surface area contributed by atoms with E-state index in [-0.39, 0.29) is 37.1 Å². The molecule has 35 heavy (non-hydrogen) atoms. The van der Waals surface area contributed by atoms with Crippen molar-refractivity contribution in [3.05, 3.63) is 41.3 Å². The third-order valence-electron chi connectivity index (χ3n) is 6.69. The Bertz CT molecular complexity index is 1060. The first-order chi connectivity index (χ1) is 16.4. The minimum atomic E-state index is -4.82. The summed E-state index contributed by atoms with van der Waals surface area (Å²) in [6, 6.07) is 5.23. The van der Waals surface area contributed by atoms with Gasteiger partial charge in [0.15, 0.2) is 5.60 Å². The van der Waals surface area contributed by atoms with Gasteiger partial charge in [-0.15, -0.1) is 11.8 Å². The fourth-order valence-electron chi connectivity index (χ4n) is 4.56. The Labute approximate surface area is 207 Å². The minimum Gasteiger partial charge on any atom is -0.376 e. The van der Waals surface area contributed by atoms with Gasteiger partial charge in [-0.2, -0.15) is 17.5 Å². The van der Waals surface area contributed by atoms with Crippen molar-refractivity contribution in [3.63, 3.8) is 0 Å². The Morgan fingerprint density at radius 1 is 1.17 bits per heavy atom. The van der Waals surface area contributed by atoms with Crippen molar-refractivity contribution in [3.8, 4) is 0 Å². The standard InChI is InChI=1S/C22H29F3N4O4S2/c1-21(31,22(23,24)25)16-4-6-17(7-5-16)29-11-10-28(35(32,33)20-3-2-12-34-20)14-18(29)13-27-9-8-26-19(30)15-27/h2,4-7,12,18,20,31H,3,8-11,13-15H2,1H3,(H,26,30)/t18-,20?,21-/m0/s1. The van der Waals surface area contributed by atoms with Gasteiger partial charge in [-0.25, -0.2) is 8.42 Å². The molecule has 1 unspecified atom stereocenters. The van der Waals surface area contributed by atoms with Crippen LogP contribution in [0.1, 0.15) is 18.9 Å². The second-order valence-electron chi connectivity index (χ2n) is 9.13. The van der Waals surface area contributed by atoms with E-state index < -0.39 is 26.4 Å². The number of sulfonamides is 1. The van der Waals surface area contributed by atoms with Crippen LogP contribution in [0, 0.1) is 0 Å². The van der Waals surface area contributed by atoms with Gasteiger partial charge in [0.1, 0.15) is 4.58 Å². The molecule has 0 bridgehead atoms. The molecular weight excluding hydrogens is 505 g/mol. The van der Waals surface area contributed by atoms with Gasteiger partial charge in [-0.3, -0.25) is 9.69 Å². The summed E-state index contributed by atoms with van der Waals surface area (Å²) >= 11 is 1.28. The van der Waals surface area contributed by atoms with E-state index >= 15 is 0 Å². The molecule has 3 atom stereocenters. The zero-order chi connectivity index (χ0) is 25.4. The Balaban J connectivity index is 1.57. The van der Waals surface area contributed by atoms with E-state index in [2.05, 4.69) is 5.32 Å². The fourth-order valence-corrected chi connectivity index (χ4v) is 7.71. The quantitative estimate of drug-likeness (QED) is 0.574. The van der Waals surface area contributed by atoms with E-state index in [1.165, 1.54) is 40.3 Å². The van der Waals surface area contributed by atoms with Crippen LogP contribution in [-0.4, -0.2) is 91.3 Å². The number of nitrogens with one attached hydrogen (secondary N) is 1. The smallest absolute Gasteiger partial charge is 0.376 e. The molecule has 0 aromatic heterocycles. The zero-order valence-corrected chi connectivity index (χ0v) is 20.9. The molecule has 2 N–H and O–H groups in total. The van der Waals surface area contributed by atoms with Gasteiger partial charge in [0.05, 0.1) is 12.6 Å². The number of anilines is 1. The highest BCUT2D eigenvalue weighted by molar-refractivity contribution is 8.14. The molecule has 1 aromatic carbocycles.